The molecule has 0 bridgehead atoms. The largest absolute Gasteiger partial charge is 0.497 e. The van der Waals surface area contributed by atoms with E-state index in [0.29, 0.717) is 11.5 Å². The summed E-state index contributed by atoms with van der Waals surface area (Å²) >= 11 is 0. The van der Waals surface area contributed by atoms with Gasteiger partial charge in [0.25, 0.3) is 0 Å². The maximum absolute atomic E-state index is 11.4. The van der Waals surface area contributed by atoms with Gasteiger partial charge in [0.05, 0.1) is 24.8 Å². The van der Waals surface area contributed by atoms with Crippen LogP contribution in [-0.4, -0.2) is 47.6 Å². The van der Waals surface area contributed by atoms with Crippen LogP contribution in [0.2, 0.25) is 0 Å². The molecule has 1 aliphatic heterocycles. The van der Waals surface area contributed by atoms with Gasteiger partial charge < -0.3 is 20.2 Å². The third kappa shape index (κ3) is 5.46. The first-order chi connectivity index (χ1) is 17.1. The number of benzene rings is 3. The van der Waals surface area contributed by atoms with E-state index in [1.165, 1.54) is 5.56 Å². The number of primary amides is 1. The molecule has 0 saturated carbocycles. The molecule has 0 unspecified atom stereocenters. The molecule has 5 rings (SSSR count). The molecule has 4 aromatic rings. The number of carbonyl (C=O) groups is 1. The molecule has 1 fully saturated rings. The Morgan fingerprint density at radius 1 is 1.03 bits per heavy atom. The summed E-state index contributed by atoms with van der Waals surface area (Å²) in [4.78, 5) is 21.8. The number of nitrogens with two attached hydrogens (primary N) is 1. The molecule has 0 aliphatic carbocycles. The number of carbonyl (C=O) groups excluding carboxylic acids is 1. The van der Waals surface area contributed by atoms with Crippen molar-refractivity contribution in [2.75, 3.05) is 26.8 Å². The molecule has 0 atom stereocenters. The number of nitrogens with zero attached hydrogens (tertiary/aromatic N) is 2. The number of H-pyrrole nitrogens is 1. The van der Waals surface area contributed by atoms with Crippen LogP contribution >= 0.6 is 0 Å². The third-order valence-electron chi connectivity index (χ3n) is 6.65. The van der Waals surface area contributed by atoms with Crippen LogP contribution in [0.15, 0.2) is 66.7 Å². The molecule has 1 aliphatic rings. The molecule has 0 spiro atoms. The number of fused-ring (bicyclic) bond motifs is 1. The lowest BCUT2D eigenvalue weighted by Gasteiger charge is -2.31. The molecule has 7 nitrogen and oxygen atoms in total. The normalized spacial score (nSPS) is 14.8. The molecule has 180 valence electrons. The number of amides is 1. The van der Waals surface area contributed by atoms with Gasteiger partial charge in [-0.2, -0.15) is 0 Å². The van der Waals surface area contributed by atoms with E-state index in [-0.39, 0.29) is 0 Å². The summed E-state index contributed by atoms with van der Waals surface area (Å²) in [6, 6.07) is 21.5. The number of hydrogen-bond donors (Lipinski definition) is 2. The number of ether oxygens (including phenoxy) is 2. The lowest BCUT2D eigenvalue weighted by atomic mass is 9.97. The Labute approximate surface area is 204 Å². The van der Waals surface area contributed by atoms with Gasteiger partial charge in [-0.3, -0.25) is 9.69 Å². The van der Waals surface area contributed by atoms with E-state index in [1.807, 2.05) is 36.4 Å². The molecular weight excluding hydrogens is 440 g/mol. The van der Waals surface area contributed by atoms with Crippen molar-refractivity contribution in [3.05, 3.63) is 77.9 Å². The molecule has 0 radical (unpaired) electrons. The predicted octanol–water partition coefficient (Wildman–Crippen LogP) is 4.63. The van der Waals surface area contributed by atoms with Crippen molar-refractivity contribution in [2.45, 2.75) is 19.4 Å². The van der Waals surface area contributed by atoms with Crippen LogP contribution in [0.3, 0.4) is 0 Å². The fourth-order valence-corrected chi connectivity index (χ4v) is 4.52. The monoisotopic (exact) mass is 470 g/mol. The lowest BCUT2D eigenvalue weighted by Crippen LogP contribution is -2.35. The summed E-state index contributed by atoms with van der Waals surface area (Å²) in [6.45, 7) is 3.88. The number of methoxy groups -OCH3 is 1. The molecule has 1 amide bonds. The Morgan fingerprint density at radius 2 is 1.74 bits per heavy atom. The zero-order chi connectivity index (χ0) is 24.2. The van der Waals surface area contributed by atoms with Gasteiger partial charge in [0, 0.05) is 17.7 Å². The van der Waals surface area contributed by atoms with Crippen molar-refractivity contribution in [3.63, 3.8) is 0 Å². The van der Waals surface area contributed by atoms with Crippen LogP contribution < -0.4 is 15.2 Å². The van der Waals surface area contributed by atoms with Crippen LogP contribution in [0.5, 0.6) is 11.5 Å². The molecule has 2 heterocycles. The smallest absolute Gasteiger partial charge is 0.248 e. The third-order valence-corrected chi connectivity index (χ3v) is 6.65. The van der Waals surface area contributed by atoms with Gasteiger partial charge >= 0.3 is 0 Å². The highest BCUT2D eigenvalue weighted by atomic mass is 16.5. The van der Waals surface area contributed by atoms with Gasteiger partial charge in [0.2, 0.25) is 5.91 Å². The summed E-state index contributed by atoms with van der Waals surface area (Å²) in [7, 11) is 1.69. The maximum Gasteiger partial charge on any atom is 0.248 e. The van der Waals surface area contributed by atoms with Crippen LogP contribution in [0, 0.1) is 5.92 Å². The molecule has 1 aromatic heterocycles. The van der Waals surface area contributed by atoms with Crippen LogP contribution in [0.25, 0.3) is 22.4 Å². The van der Waals surface area contributed by atoms with E-state index in [9.17, 15) is 4.79 Å². The lowest BCUT2D eigenvalue weighted by molar-refractivity contribution is 0.100. The summed E-state index contributed by atoms with van der Waals surface area (Å²) in [5.41, 5.74) is 9.70. The number of imidazole rings is 1. The first kappa shape index (κ1) is 22.9. The summed E-state index contributed by atoms with van der Waals surface area (Å²) in [5.74, 6) is 2.62. The second-order valence-corrected chi connectivity index (χ2v) is 9.08. The van der Waals surface area contributed by atoms with Crippen molar-refractivity contribution in [2.24, 2.45) is 11.7 Å². The van der Waals surface area contributed by atoms with Crippen molar-refractivity contribution in [3.8, 4) is 22.9 Å². The van der Waals surface area contributed by atoms with Gasteiger partial charge in [0.15, 0.2) is 0 Å². The molecule has 1 saturated heterocycles. The van der Waals surface area contributed by atoms with Crippen LogP contribution in [0.1, 0.15) is 28.8 Å². The van der Waals surface area contributed by atoms with E-state index in [1.54, 1.807) is 25.3 Å². The van der Waals surface area contributed by atoms with Crippen molar-refractivity contribution in [1.29, 1.82) is 0 Å². The molecule has 7 heteroatoms. The van der Waals surface area contributed by atoms with E-state index in [2.05, 4.69) is 27.0 Å². The number of likely N-dealkylation sites (tertiary alicyclic amines) is 1. The zero-order valence-electron chi connectivity index (χ0n) is 19.9. The van der Waals surface area contributed by atoms with Gasteiger partial charge in [-0.25, -0.2) is 4.98 Å². The van der Waals surface area contributed by atoms with Gasteiger partial charge in [-0.15, -0.1) is 0 Å². The Bertz CT molecular complexity index is 1290. The number of hydrogen-bond acceptors (Lipinski definition) is 5. The number of rotatable bonds is 8. The number of nitrogens with one attached hydrogen (secondary N) is 1. The fraction of sp³-hybridized carbons (Fsp3) is 0.286. The predicted molar refractivity (Wildman–Crippen MR) is 137 cm³/mol. The summed E-state index contributed by atoms with van der Waals surface area (Å²) < 4.78 is 11.3. The van der Waals surface area contributed by atoms with Crippen LogP contribution in [-0.2, 0) is 6.54 Å². The highest BCUT2D eigenvalue weighted by Crippen LogP contribution is 2.25. The topological polar surface area (TPSA) is 93.5 Å². The Morgan fingerprint density at radius 3 is 2.43 bits per heavy atom. The zero-order valence-corrected chi connectivity index (χ0v) is 19.9. The molecular formula is C28H30N4O3. The minimum Gasteiger partial charge on any atom is -0.497 e. The standard InChI is InChI=1S/C28H30N4O3/c1-34-23-7-2-19(3-8-23)17-32-14-12-20(13-15-32)18-35-24-9-4-21(5-10-24)28-30-25-11-6-22(27(29)33)16-26(25)31-28/h2-11,16,20H,12-15,17-18H2,1H3,(H2,29,33)(H,30,31). The van der Waals surface area contributed by atoms with Crippen LogP contribution in [0.4, 0.5) is 0 Å². The van der Waals surface area contributed by atoms with E-state index >= 15 is 0 Å². The molecule has 35 heavy (non-hydrogen) atoms. The number of aromatic nitrogens is 2. The number of piperidine rings is 1. The average molecular weight is 471 g/mol. The second kappa shape index (κ2) is 10.2. The maximum atomic E-state index is 11.4. The minimum absolute atomic E-state index is 0.451. The highest BCUT2D eigenvalue weighted by molar-refractivity contribution is 5.96. The van der Waals surface area contributed by atoms with E-state index in [4.69, 9.17) is 15.2 Å². The van der Waals surface area contributed by atoms with E-state index < -0.39 is 5.91 Å². The van der Waals surface area contributed by atoms with E-state index in [0.717, 1.165) is 73.0 Å². The molecule has 3 aromatic carbocycles. The van der Waals surface area contributed by atoms with Crippen molar-refractivity contribution < 1.29 is 14.3 Å². The SMILES string of the molecule is COc1ccc(CN2CCC(COc3ccc(-c4nc5ccc(C(N)=O)cc5[nH]4)cc3)CC2)cc1. The Hall–Kier alpha value is -3.84. The van der Waals surface area contributed by atoms with Gasteiger partial charge in [0.1, 0.15) is 17.3 Å². The average Bonchev–Trinajstić information content (AvgIpc) is 3.32. The first-order valence-corrected chi connectivity index (χ1v) is 12.0. The minimum atomic E-state index is -0.451. The van der Waals surface area contributed by atoms with Gasteiger partial charge in [-0.1, -0.05) is 12.1 Å². The second-order valence-electron chi connectivity index (χ2n) is 9.08. The summed E-state index contributed by atoms with van der Waals surface area (Å²) in [5, 5.41) is 0. The number of aromatic amines is 1. The van der Waals surface area contributed by atoms with Crippen molar-refractivity contribution in [1.82, 2.24) is 14.9 Å². The highest BCUT2D eigenvalue weighted by Gasteiger charge is 2.20. The fourth-order valence-electron chi connectivity index (χ4n) is 4.52. The first-order valence-electron chi connectivity index (χ1n) is 12.0. The quantitative estimate of drug-likeness (QED) is 0.392. The van der Waals surface area contributed by atoms with Crippen molar-refractivity contribution >= 4 is 16.9 Å². The Kier molecular flexibility index (Phi) is 6.68. The summed E-state index contributed by atoms with van der Waals surface area (Å²) in [6.07, 6.45) is 2.28. The van der Waals surface area contributed by atoms with Gasteiger partial charge in [-0.05, 0) is 92.0 Å². The Balaban J connectivity index is 1.12. The molecule has 3 N–H and O–H groups in total.